The summed E-state index contributed by atoms with van der Waals surface area (Å²) in [5.41, 5.74) is 0.669. The molecule has 0 amide bonds. The highest BCUT2D eigenvalue weighted by molar-refractivity contribution is 7.89. The first-order valence-electron chi connectivity index (χ1n) is 7.46. The first kappa shape index (κ1) is 21.4. The van der Waals surface area contributed by atoms with Crippen molar-refractivity contribution in [3.63, 3.8) is 0 Å². The Labute approximate surface area is 154 Å². The molecule has 0 aliphatic heterocycles. The average molecular weight is 391 g/mol. The average Bonchev–Trinajstić information content (AvgIpc) is 3.09. The summed E-state index contributed by atoms with van der Waals surface area (Å²) in [5, 5.41) is 7.18. The molecule has 0 saturated heterocycles. The molecule has 0 unspecified atom stereocenters. The number of benzene rings is 1. The SMILES string of the molecule is COCCNCCNS(=O)(=O)c1cnn(-c2ccccc2OC)c1.Cl. The molecule has 10 heteroatoms. The molecule has 2 aromatic rings. The molecule has 0 fully saturated rings. The molecular weight excluding hydrogens is 368 g/mol. The van der Waals surface area contributed by atoms with E-state index < -0.39 is 10.0 Å². The summed E-state index contributed by atoms with van der Waals surface area (Å²) in [6, 6.07) is 7.25. The lowest BCUT2D eigenvalue weighted by molar-refractivity contribution is 0.199. The molecule has 25 heavy (non-hydrogen) atoms. The van der Waals surface area contributed by atoms with E-state index in [1.54, 1.807) is 26.4 Å². The highest BCUT2D eigenvalue weighted by atomic mass is 35.5. The molecule has 1 aromatic carbocycles. The number of nitrogens with one attached hydrogen (secondary N) is 2. The number of rotatable bonds is 10. The van der Waals surface area contributed by atoms with Gasteiger partial charge in [0.25, 0.3) is 0 Å². The molecule has 1 aromatic heterocycles. The predicted octanol–water partition coefficient (Wildman–Crippen LogP) is 0.817. The van der Waals surface area contributed by atoms with Gasteiger partial charge in [-0.2, -0.15) is 5.10 Å². The van der Waals surface area contributed by atoms with Crippen LogP contribution >= 0.6 is 12.4 Å². The van der Waals surface area contributed by atoms with Crippen molar-refractivity contribution in [3.05, 3.63) is 36.7 Å². The van der Waals surface area contributed by atoms with Gasteiger partial charge in [0.05, 0.1) is 26.1 Å². The standard InChI is InChI=1S/C15H22N4O4S.ClH/c1-22-10-9-16-7-8-18-24(20,21)13-11-17-19(12-13)14-5-3-4-6-15(14)23-2;/h3-6,11-12,16,18H,7-10H2,1-2H3;1H. The summed E-state index contributed by atoms with van der Waals surface area (Å²) in [6.45, 7) is 2.05. The van der Waals surface area contributed by atoms with Crippen molar-refractivity contribution in [2.24, 2.45) is 0 Å². The van der Waals surface area contributed by atoms with Crippen molar-refractivity contribution in [2.75, 3.05) is 40.5 Å². The smallest absolute Gasteiger partial charge is 0.243 e. The van der Waals surface area contributed by atoms with Gasteiger partial charge in [-0.1, -0.05) is 12.1 Å². The maximum atomic E-state index is 12.3. The van der Waals surface area contributed by atoms with E-state index in [-0.39, 0.29) is 23.8 Å². The van der Waals surface area contributed by atoms with Crippen molar-refractivity contribution in [3.8, 4) is 11.4 Å². The topological polar surface area (TPSA) is 94.5 Å². The van der Waals surface area contributed by atoms with E-state index >= 15 is 0 Å². The van der Waals surface area contributed by atoms with E-state index in [0.717, 1.165) is 0 Å². The number of ether oxygens (including phenoxy) is 2. The van der Waals surface area contributed by atoms with Crippen LogP contribution in [0.2, 0.25) is 0 Å². The molecule has 0 spiro atoms. The fraction of sp³-hybridized carbons (Fsp3) is 0.400. The largest absolute Gasteiger partial charge is 0.494 e. The van der Waals surface area contributed by atoms with Gasteiger partial charge in [0.1, 0.15) is 16.3 Å². The molecule has 0 atom stereocenters. The zero-order chi connectivity index (χ0) is 17.4. The van der Waals surface area contributed by atoms with Crippen LogP contribution in [0.5, 0.6) is 5.75 Å². The van der Waals surface area contributed by atoms with Gasteiger partial charge in [0.15, 0.2) is 0 Å². The van der Waals surface area contributed by atoms with Crippen LogP contribution in [0.25, 0.3) is 5.69 Å². The molecule has 8 nitrogen and oxygen atoms in total. The number of nitrogens with zero attached hydrogens (tertiary/aromatic N) is 2. The van der Waals surface area contributed by atoms with Crippen molar-refractivity contribution in [1.82, 2.24) is 19.8 Å². The zero-order valence-corrected chi connectivity index (χ0v) is 15.8. The molecule has 2 N–H and O–H groups in total. The first-order valence-corrected chi connectivity index (χ1v) is 8.94. The highest BCUT2D eigenvalue weighted by Gasteiger charge is 2.17. The molecule has 0 radical (unpaired) electrons. The number of methoxy groups -OCH3 is 2. The number of hydrogen-bond acceptors (Lipinski definition) is 6. The van der Waals surface area contributed by atoms with Crippen LogP contribution in [0.3, 0.4) is 0 Å². The lowest BCUT2D eigenvalue weighted by atomic mass is 10.3. The second-order valence-corrected chi connectivity index (χ2v) is 6.70. The summed E-state index contributed by atoms with van der Waals surface area (Å²) < 4.78 is 38.7. The second kappa shape index (κ2) is 10.4. The van der Waals surface area contributed by atoms with Gasteiger partial charge in [-0.3, -0.25) is 0 Å². The minimum atomic E-state index is -3.61. The van der Waals surface area contributed by atoms with Gasteiger partial charge in [-0.15, -0.1) is 12.4 Å². The normalized spacial score (nSPS) is 11.1. The third-order valence-corrected chi connectivity index (χ3v) is 4.69. The monoisotopic (exact) mass is 390 g/mol. The molecule has 140 valence electrons. The molecule has 0 saturated carbocycles. The molecule has 2 rings (SSSR count). The fourth-order valence-corrected chi connectivity index (χ4v) is 3.01. The van der Waals surface area contributed by atoms with Crippen LogP contribution in [0.15, 0.2) is 41.6 Å². The Bertz CT molecular complexity index is 751. The van der Waals surface area contributed by atoms with Crippen molar-refractivity contribution < 1.29 is 17.9 Å². The Hall–Kier alpha value is -1.65. The molecule has 0 bridgehead atoms. The molecule has 0 aliphatic rings. The summed E-state index contributed by atoms with van der Waals surface area (Å²) in [5.74, 6) is 0.611. The van der Waals surface area contributed by atoms with Crippen LogP contribution < -0.4 is 14.8 Å². The van der Waals surface area contributed by atoms with Gasteiger partial charge in [0, 0.05) is 26.7 Å². The third-order valence-electron chi connectivity index (χ3n) is 3.28. The van der Waals surface area contributed by atoms with E-state index in [2.05, 4.69) is 15.1 Å². The lowest BCUT2D eigenvalue weighted by Gasteiger charge is -2.07. The van der Waals surface area contributed by atoms with Crippen molar-refractivity contribution in [2.45, 2.75) is 4.90 Å². The molecule has 0 aliphatic carbocycles. The summed E-state index contributed by atoms with van der Waals surface area (Å²) >= 11 is 0. The third kappa shape index (κ3) is 5.98. The highest BCUT2D eigenvalue weighted by Crippen LogP contribution is 2.22. The Balaban J connectivity index is 0.00000312. The van der Waals surface area contributed by atoms with Crippen molar-refractivity contribution in [1.29, 1.82) is 0 Å². The first-order chi connectivity index (χ1) is 11.6. The second-order valence-electron chi connectivity index (χ2n) is 4.93. The quantitative estimate of drug-likeness (QED) is 0.583. The minimum Gasteiger partial charge on any atom is -0.494 e. The Morgan fingerprint density at radius 1 is 1.16 bits per heavy atom. The molecular formula is C15H23ClN4O4S. The summed E-state index contributed by atoms with van der Waals surface area (Å²) in [4.78, 5) is 0.102. The minimum absolute atomic E-state index is 0. The van der Waals surface area contributed by atoms with Crippen LogP contribution in [-0.4, -0.2) is 58.7 Å². The Kier molecular flexibility index (Phi) is 8.87. The van der Waals surface area contributed by atoms with Gasteiger partial charge >= 0.3 is 0 Å². The van der Waals surface area contributed by atoms with E-state index in [1.165, 1.54) is 17.1 Å². The van der Waals surface area contributed by atoms with Crippen molar-refractivity contribution >= 4 is 22.4 Å². The summed E-state index contributed by atoms with van der Waals surface area (Å²) in [7, 11) is -0.437. The van der Waals surface area contributed by atoms with Gasteiger partial charge in [0.2, 0.25) is 10.0 Å². The lowest BCUT2D eigenvalue weighted by Crippen LogP contribution is -2.33. The van der Waals surface area contributed by atoms with Crippen LogP contribution in [0, 0.1) is 0 Å². The predicted molar refractivity (Wildman–Crippen MR) is 97.3 cm³/mol. The number of aromatic nitrogens is 2. The number of sulfonamides is 1. The van der Waals surface area contributed by atoms with Crippen LogP contribution in [0.4, 0.5) is 0 Å². The maximum absolute atomic E-state index is 12.3. The van der Waals surface area contributed by atoms with Gasteiger partial charge < -0.3 is 14.8 Å². The van der Waals surface area contributed by atoms with Gasteiger partial charge in [-0.05, 0) is 12.1 Å². The van der Waals surface area contributed by atoms with E-state index in [4.69, 9.17) is 9.47 Å². The Morgan fingerprint density at radius 2 is 1.92 bits per heavy atom. The van der Waals surface area contributed by atoms with Crippen LogP contribution in [0.1, 0.15) is 0 Å². The number of para-hydroxylation sites is 2. The van der Waals surface area contributed by atoms with E-state index in [0.29, 0.717) is 31.1 Å². The van der Waals surface area contributed by atoms with E-state index in [9.17, 15) is 8.42 Å². The number of halogens is 1. The van der Waals surface area contributed by atoms with Crippen LogP contribution in [-0.2, 0) is 14.8 Å². The zero-order valence-electron chi connectivity index (χ0n) is 14.1. The number of hydrogen-bond donors (Lipinski definition) is 2. The maximum Gasteiger partial charge on any atom is 0.243 e. The fourth-order valence-electron chi connectivity index (χ4n) is 2.05. The van der Waals surface area contributed by atoms with Gasteiger partial charge in [-0.25, -0.2) is 17.8 Å². The Morgan fingerprint density at radius 3 is 2.64 bits per heavy atom. The summed E-state index contributed by atoms with van der Waals surface area (Å²) in [6.07, 6.45) is 2.77. The van der Waals surface area contributed by atoms with E-state index in [1.807, 2.05) is 12.1 Å². The molecule has 1 heterocycles.